The van der Waals surface area contributed by atoms with E-state index in [0.717, 1.165) is 55.2 Å². The molecule has 2 aromatic heterocycles. The molecule has 0 aliphatic carbocycles. The number of carbonyl (C=O) groups is 2. The molecule has 2 amide bonds. The maximum Gasteiger partial charge on any atom is 0.265 e. The molecule has 32 heavy (non-hydrogen) atoms. The van der Waals surface area contributed by atoms with Gasteiger partial charge in [0.05, 0.1) is 17.2 Å². The van der Waals surface area contributed by atoms with Gasteiger partial charge in [-0.2, -0.15) is 0 Å². The Bertz CT molecular complexity index is 1040. The molecule has 0 radical (unpaired) electrons. The highest BCUT2D eigenvalue weighted by molar-refractivity contribution is 7.17. The Morgan fingerprint density at radius 2 is 1.97 bits per heavy atom. The van der Waals surface area contributed by atoms with Crippen molar-refractivity contribution in [2.75, 3.05) is 38.1 Å². The zero-order chi connectivity index (χ0) is 22.5. The highest BCUT2D eigenvalue weighted by Crippen LogP contribution is 2.24. The van der Waals surface area contributed by atoms with E-state index in [1.807, 2.05) is 31.2 Å². The topological polar surface area (TPSA) is 106 Å². The molecule has 3 aromatic rings. The number of hydrogen-bond acceptors (Lipinski definition) is 7. The van der Waals surface area contributed by atoms with Gasteiger partial charge in [0.15, 0.2) is 17.1 Å². The molecule has 3 N–H and O–H groups in total. The summed E-state index contributed by atoms with van der Waals surface area (Å²) in [5, 5.41) is 6.67. The predicted octanol–water partition coefficient (Wildman–Crippen LogP) is 2.51. The molecule has 1 saturated heterocycles. The molecule has 0 saturated carbocycles. The lowest BCUT2D eigenvalue weighted by molar-refractivity contribution is -0.122. The van der Waals surface area contributed by atoms with Gasteiger partial charge >= 0.3 is 0 Å². The van der Waals surface area contributed by atoms with E-state index in [4.69, 9.17) is 0 Å². The quantitative estimate of drug-likeness (QED) is 0.451. The average molecular weight is 456 g/mol. The zero-order valence-corrected chi connectivity index (χ0v) is 19.2. The predicted molar refractivity (Wildman–Crippen MR) is 126 cm³/mol. The first-order valence-electron chi connectivity index (χ1n) is 11.0. The van der Waals surface area contributed by atoms with Crippen molar-refractivity contribution in [1.29, 1.82) is 0 Å². The van der Waals surface area contributed by atoms with Crippen molar-refractivity contribution in [2.45, 2.75) is 32.4 Å². The second kappa shape index (κ2) is 10.1. The SMILES string of the molecule is CCCCC(=O)NC(NC(=O)c1cnc(N2CCN(C)CC2)s1)c1nc2ccccc2[nH]1. The number of anilines is 1. The molecule has 3 heterocycles. The first-order chi connectivity index (χ1) is 15.5. The van der Waals surface area contributed by atoms with Crippen molar-refractivity contribution in [3.8, 4) is 0 Å². The second-order valence-corrected chi connectivity index (χ2v) is 9.02. The highest BCUT2D eigenvalue weighted by Gasteiger charge is 2.24. The van der Waals surface area contributed by atoms with Crippen molar-refractivity contribution in [2.24, 2.45) is 0 Å². The van der Waals surface area contributed by atoms with E-state index in [9.17, 15) is 9.59 Å². The van der Waals surface area contributed by atoms with Crippen LogP contribution in [0.5, 0.6) is 0 Å². The van der Waals surface area contributed by atoms with Crippen LogP contribution >= 0.6 is 11.3 Å². The molecular formula is C22H29N7O2S. The number of rotatable bonds is 8. The Hall–Kier alpha value is -2.98. The number of aromatic amines is 1. The number of nitrogens with zero attached hydrogens (tertiary/aromatic N) is 4. The van der Waals surface area contributed by atoms with Gasteiger partial charge in [-0.3, -0.25) is 9.59 Å². The fourth-order valence-electron chi connectivity index (χ4n) is 3.57. The summed E-state index contributed by atoms with van der Waals surface area (Å²) in [4.78, 5) is 42.7. The fourth-order valence-corrected chi connectivity index (χ4v) is 4.44. The lowest BCUT2D eigenvalue weighted by Crippen LogP contribution is -2.44. The Balaban J connectivity index is 1.50. The molecular weight excluding hydrogens is 426 g/mol. The fraction of sp³-hybridized carbons (Fsp3) is 0.455. The van der Waals surface area contributed by atoms with Crippen LogP contribution in [0.2, 0.25) is 0 Å². The highest BCUT2D eigenvalue weighted by atomic mass is 32.1. The van der Waals surface area contributed by atoms with Crippen LogP contribution in [0.25, 0.3) is 11.0 Å². The minimum Gasteiger partial charge on any atom is -0.346 e. The first-order valence-corrected chi connectivity index (χ1v) is 11.8. The second-order valence-electron chi connectivity index (χ2n) is 8.01. The number of H-pyrrole nitrogens is 1. The summed E-state index contributed by atoms with van der Waals surface area (Å²) in [6.07, 6.45) is 2.95. The third kappa shape index (κ3) is 5.25. The lowest BCUT2D eigenvalue weighted by atomic mass is 10.2. The van der Waals surface area contributed by atoms with Crippen LogP contribution in [0.1, 0.15) is 47.8 Å². The molecule has 4 rings (SSSR count). The van der Waals surface area contributed by atoms with E-state index < -0.39 is 6.17 Å². The van der Waals surface area contributed by atoms with Gasteiger partial charge in [0.1, 0.15) is 4.88 Å². The molecule has 1 aliphatic rings. The molecule has 10 heteroatoms. The van der Waals surface area contributed by atoms with Crippen molar-refractivity contribution in [1.82, 2.24) is 30.5 Å². The Morgan fingerprint density at radius 1 is 1.19 bits per heavy atom. The van der Waals surface area contributed by atoms with Crippen molar-refractivity contribution < 1.29 is 9.59 Å². The van der Waals surface area contributed by atoms with E-state index in [0.29, 0.717) is 17.1 Å². The van der Waals surface area contributed by atoms with Crippen LogP contribution in [-0.4, -0.2) is 64.9 Å². The lowest BCUT2D eigenvalue weighted by Gasteiger charge is -2.32. The first kappa shape index (κ1) is 22.2. The molecule has 1 fully saturated rings. The van der Waals surface area contributed by atoms with Crippen LogP contribution in [0.3, 0.4) is 0 Å². The van der Waals surface area contributed by atoms with E-state index in [1.165, 1.54) is 11.3 Å². The molecule has 1 unspecified atom stereocenters. The minimum atomic E-state index is -0.756. The summed E-state index contributed by atoms with van der Waals surface area (Å²) < 4.78 is 0. The number of fused-ring (bicyclic) bond motifs is 1. The van der Waals surface area contributed by atoms with E-state index in [-0.39, 0.29) is 11.8 Å². The number of imidazole rings is 1. The number of thiazole rings is 1. The number of likely N-dealkylation sites (N-methyl/N-ethyl adjacent to an activating group) is 1. The summed E-state index contributed by atoms with van der Waals surface area (Å²) in [6.45, 7) is 5.76. The van der Waals surface area contributed by atoms with E-state index in [2.05, 4.69) is 42.4 Å². The summed E-state index contributed by atoms with van der Waals surface area (Å²) in [5.41, 5.74) is 1.62. The van der Waals surface area contributed by atoms with Gasteiger partial charge in [-0.25, -0.2) is 9.97 Å². The monoisotopic (exact) mass is 455 g/mol. The van der Waals surface area contributed by atoms with E-state index >= 15 is 0 Å². The van der Waals surface area contributed by atoms with Crippen LogP contribution < -0.4 is 15.5 Å². The molecule has 170 valence electrons. The number of nitrogens with one attached hydrogen (secondary N) is 3. The van der Waals surface area contributed by atoms with Crippen molar-refractivity contribution in [3.05, 3.63) is 41.2 Å². The van der Waals surface area contributed by atoms with Crippen LogP contribution in [-0.2, 0) is 4.79 Å². The smallest absolute Gasteiger partial charge is 0.265 e. The molecule has 1 aromatic carbocycles. The Kier molecular flexibility index (Phi) is 7.01. The Morgan fingerprint density at radius 3 is 2.72 bits per heavy atom. The maximum atomic E-state index is 13.0. The number of unbranched alkanes of at least 4 members (excludes halogenated alkanes) is 1. The van der Waals surface area contributed by atoms with Gasteiger partial charge in [0, 0.05) is 32.6 Å². The molecule has 9 nitrogen and oxygen atoms in total. The van der Waals surface area contributed by atoms with Crippen LogP contribution in [0.4, 0.5) is 5.13 Å². The van der Waals surface area contributed by atoms with Crippen molar-refractivity contribution >= 4 is 39.3 Å². The van der Waals surface area contributed by atoms with Gasteiger partial charge in [0.2, 0.25) is 5.91 Å². The average Bonchev–Trinajstić information content (AvgIpc) is 3.45. The number of hydrogen-bond donors (Lipinski definition) is 3. The number of amides is 2. The third-order valence-electron chi connectivity index (χ3n) is 5.51. The summed E-state index contributed by atoms with van der Waals surface area (Å²) in [6, 6.07) is 7.61. The van der Waals surface area contributed by atoms with Gasteiger partial charge in [0.25, 0.3) is 5.91 Å². The number of carbonyl (C=O) groups excluding carboxylic acids is 2. The normalized spacial score (nSPS) is 15.6. The van der Waals surface area contributed by atoms with Crippen LogP contribution in [0, 0.1) is 0 Å². The van der Waals surface area contributed by atoms with Crippen molar-refractivity contribution in [3.63, 3.8) is 0 Å². The summed E-state index contributed by atoms with van der Waals surface area (Å²) in [5.74, 6) is 0.0809. The van der Waals surface area contributed by atoms with Gasteiger partial charge in [-0.1, -0.05) is 36.8 Å². The van der Waals surface area contributed by atoms with Crippen LogP contribution in [0.15, 0.2) is 30.5 Å². The van der Waals surface area contributed by atoms with E-state index in [1.54, 1.807) is 6.20 Å². The summed E-state index contributed by atoms with van der Waals surface area (Å²) >= 11 is 1.36. The number of aromatic nitrogens is 3. The summed E-state index contributed by atoms with van der Waals surface area (Å²) in [7, 11) is 2.10. The standard InChI is InChI=1S/C22H29N7O2S/c1-3-4-9-18(30)26-20(19-24-15-7-5-6-8-16(15)25-19)27-21(31)17-14-23-22(32-17)29-12-10-28(2)11-13-29/h5-8,14,20H,3-4,9-13H2,1-2H3,(H,24,25)(H,26,30)(H,27,31). The molecule has 1 atom stereocenters. The molecule has 0 bridgehead atoms. The van der Waals surface area contributed by atoms with Gasteiger partial charge < -0.3 is 25.4 Å². The minimum absolute atomic E-state index is 0.125. The number of para-hydroxylation sites is 2. The molecule has 1 aliphatic heterocycles. The number of piperazine rings is 1. The Labute approximate surface area is 191 Å². The van der Waals surface area contributed by atoms with Gasteiger partial charge in [-0.15, -0.1) is 0 Å². The molecule has 0 spiro atoms. The zero-order valence-electron chi connectivity index (χ0n) is 18.4. The number of benzene rings is 1. The van der Waals surface area contributed by atoms with Gasteiger partial charge in [-0.05, 0) is 25.6 Å². The maximum absolute atomic E-state index is 13.0. The third-order valence-corrected chi connectivity index (χ3v) is 6.57. The largest absolute Gasteiger partial charge is 0.346 e.